The molecular formula is C22H32N2O2. The Morgan fingerprint density at radius 3 is 2.00 bits per heavy atom. The van der Waals surface area contributed by atoms with Gasteiger partial charge in [0.15, 0.2) is 0 Å². The number of hydrogen-bond acceptors (Lipinski definition) is 4. The van der Waals surface area contributed by atoms with E-state index in [1.807, 2.05) is 24.3 Å². The van der Waals surface area contributed by atoms with Crippen molar-refractivity contribution in [3.05, 3.63) is 58.7 Å². The Labute approximate surface area is 157 Å². The summed E-state index contributed by atoms with van der Waals surface area (Å²) in [7, 11) is 0. The highest BCUT2D eigenvalue weighted by atomic mass is 16.3. The average molecular weight is 357 g/mol. The third-order valence-corrected chi connectivity index (χ3v) is 4.64. The van der Waals surface area contributed by atoms with Crippen molar-refractivity contribution < 1.29 is 10.2 Å². The number of nitrogens with one attached hydrogen (secondary N) is 1. The smallest absolute Gasteiger partial charge is 0.120 e. The summed E-state index contributed by atoms with van der Waals surface area (Å²) in [6.07, 6.45) is 5.60. The van der Waals surface area contributed by atoms with Gasteiger partial charge in [0.05, 0.1) is 0 Å². The minimum absolute atomic E-state index is 0.351. The first-order valence-corrected chi connectivity index (χ1v) is 9.66. The van der Waals surface area contributed by atoms with Crippen molar-refractivity contribution in [2.45, 2.75) is 52.0 Å². The van der Waals surface area contributed by atoms with Gasteiger partial charge >= 0.3 is 0 Å². The van der Waals surface area contributed by atoms with Gasteiger partial charge in [-0.1, -0.05) is 31.2 Å². The van der Waals surface area contributed by atoms with Gasteiger partial charge in [-0.15, -0.1) is 0 Å². The average Bonchev–Trinajstić information content (AvgIpc) is 2.63. The van der Waals surface area contributed by atoms with Crippen molar-refractivity contribution in [2.75, 3.05) is 13.1 Å². The van der Waals surface area contributed by atoms with Gasteiger partial charge in [-0.05, 0) is 80.4 Å². The molecule has 0 aromatic heterocycles. The van der Waals surface area contributed by atoms with Gasteiger partial charge in [-0.2, -0.15) is 0 Å². The van der Waals surface area contributed by atoms with Crippen LogP contribution in [0.15, 0.2) is 36.4 Å². The van der Waals surface area contributed by atoms with Crippen LogP contribution in [0.3, 0.4) is 0 Å². The number of aromatic hydroxyl groups is 2. The predicted octanol–water partition coefficient (Wildman–Crippen LogP) is 3.66. The standard InChI is InChI=1S/C22H32N2O2/c1-2-13-24-16-20-11-9-18(15-22(20)26)7-6-17-8-10-19(21(25)14-17)5-3-4-12-23/h8-11,14-15,24-26H,2-7,12-13,16,23H2,1H3. The summed E-state index contributed by atoms with van der Waals surface area (Å²) >= 11 is 0. The number of nitrogens with two attached hydrogens (primary N) is 1. The molecule has 0 spiro atoms. The predicted molar refractivity (Wildman–Crippen MR) is 108 cm³/mol. The zero-order valence-corrected chi connectivity index (χ0v) is 15.8. The van der Waals surface area contributed by atoms with Crippen molar-refractivity contribution >= 4 is 0 Å². The molecule has 0 aliphatic heterocycles. The highest BCUT2D eigenvalue weighted by Crippen LogP contribution is 2.23. The second-order valence-electron chi connectivity index (χ2n) is 6.85. The molecule has 0 saturated heterocycles. The SMILES string of the molecule is CCCNCc1ccc(CCc2ccc(CCCCN)c(O)c2)cc1O. The van der Waals surface area contributed by atoms with E-state index in [1.165, 1.54) is 0 Å². The van der Waals surface area contributed by atoms with E-state index in [-0.39, 0.29) is 0 Å². The van der Waals surface area contributed by atoms with Crippen LogP contribution >= 0.6 is 0 Å². The van der Waals surface area contributed by atoms with Crippen molar-refractivity contribution in [3.63, 3.8) is 0 Å². The Morgan fingerprint density at radius 1 is 0.846 bits per heavy atom. The molecule has 0 aliphatic rings. The van der Waals surface area contributed by atoms with Crippen molar-refractivity contribution in [1.82, 2.24) is 5.32 Å². The van der Waals surface area contributed by atoms with Crippen LogP contribution in [0.1, 0.15) is 48.4 Å². The Morgan fingerprint density at radius 2 is 1.46 bits per heavy atom. The molecular weight excluding hydrogens is 324 g/mol. The van der Waals surface area contributed by atoms with E-state index < -0.39 is 0 Å². The molecule has 2 rings (SSSR count). The molecule has 4 nitrogen and oxygen atoms in total. The van der Waals surface area contributed by atoms with Crippen LogP contribution < -0.4 is 11.1 Å². The van der Waals surface area contributed by atoms with E-state index in [0.29, 0.717) is 24.6 Å². The normalized spacial score (nSPS) is 11.0. The molecule has 142 valence electrons. The first kappa shape index (κ1) is 20.3. The summed E-state index contributed by atoms with van der Waals surface area (Å²) in [6.45, 7) is 4.46. The lowest BCUT2D eigenvalue weighted by atomic mass is 9.99. The summed E-state index contributed by atoms with van der Waals surface area (Å²) in [5, 5.41) is 23.7. The molecule has 2 aromatic carbocycles. The molecule has 0 atom stereocenters. The van der Waals surface area contributed by atoms with E-state index in [1.54, 1.807) is 0 Å². The Bertz CT molecular complexity index is 626. The molecule has 0 saturated carbocycles. The number of aryl methyl sites for hydroxylation is 3. The number of phenols is 2. The fourth-order valence-electron chi connectivity index (χ4n) is 3.04. The fourth-order valence-corrected chi connectivity index (χ4v) is 3.04. The minimum Gasteiger partial charge on any atom is -0.508 e. The molecule has 0 unspecified atom stereocenters. The first-order valence-electron chi connectivity index (χ1n) is 9.66. The van der Waals surface area contributed by atoms with Gasteiger partial charge in [0.1, 0.15) is 11.5 Å². The number of hydrogen-bond donors (Lipinski definition) is 4. The van der Waals surface area contributed by atoms with Crippen LogP contribution in [0, 0.1) is 0 Å². The molecule has 2 aromatic rings. The maximum absolute atomic E-state index is 10.2. The van der Waals surface area contributed by atoms with E-state index in [0.717, 1.165) is 67.3 Å². The third-order valence-electron chi connectivity index (χ3n) is 4.64. The van der Waals surface area contributed by atoms with Gasteiger partial charge in [0.25, 0.3) is 0 Å². The summed E-state index contributed by atoms with van der Waals surface area (Å²) in [6, 6.07) is 11.9. The molecule has 26 heavy (non-hydrogen) atoms. The molecule has 0 heterocycles. The number of benzene rings is 2. The van der Waals surface area contributed by atoms with Crippen LogP contribution in [-0.4, -0.2) is 23.3 Å². The molecule has 0 bridgehead atoms. The minimum atomic E-state index is 0.351. The highest BCUT2D eigenvalue weighted by Gasteiger charge is 2.06. The zero-order chi connectivity index (χ0) is 18.8. The van der Waals surface area contributed by atoms with Crippen molar-refractivity contribution in [1.29, 1.82) is 0 Å². The van der Waals surface area contributed by atoms with E-state index in [4.69, 9.17) is 5.73 Å². The van der Waals surface area contributed by atoms with Crippen LogP contribution in [0.25, 0.3) is 0 Å². The van der Waals surface area contributed by atoms with Gasteiger partial charge in [0, 0.05) is 12.1 Å². The molecule has 0 aliphatic carbocycles. The number of phenolic OH excluding ortho intramolecular Hbond substituents is 2. The summed E-state index contributed by atoms with van der Waals surface area (Å²) in [4.78, 5) is 0. The van der Waals surface area contributed by atoms with Gasteiger partial charge in [-0.3, -0.25) is 0 Å². The van der Waals surface area contributed by atoms with Crippen molar-refractivity contribution in [3.8, 4) is 11.5 Å². The van der Waals surface area contributed by atoms with Crippen LogP contribution in [0.5, 0.6) is 11.5 Å². The number of unbranched alkanes of at least 4 members (excludes halogenated alkanes) is 1. The summed E-state index contributed by atoms with van der Waals surface area (Å²) in [5.41, 5.74) is 9.65. The third kappa shape index (κ3) is 6.36. The van der Waals surface area contributed by atoms with Crippen molar-refractivity contribution in [2.24, 2.45) is 5.73 Å². The summed E-state index contributed by atoms with van der Waals surface area (Å²) in [5.74, 6) is 0.726. The zero-order valence-electron chi connectivity index (χ0n) is 15.8. The van der Waals surface area contributed by atoms with Crippen LogP contribution in [-0.2, 0) is 25.8 Å². The van der Waals surface area contributed by atoms with E-state index in [9.17, 15) is 10.2 Å². The molecule has 0 fully saturated rings. The number of rotatable bonds is 11. The van der Waals surface area contributed by atoms with Crippen LogP contribution in [0.2, 0.25) is 0 Å². The lowest BCUT2D eigenvalue weighted by Crippen LogP contribution is -2.13. The maximum Gasteiger partial charge on any atom is 0.120 e. The van der Waals surface area contributed by atoms with Crippen LogP contribution in [0.4, 0.5) is 0 Å². The fraction of sp³-hybridized carbons (Fsp3) is 0.455. The highest BCUT2D eigenvalue weighted by molar-refractivity contribution is 5.39. The van der Waals surface area contributed by atoms with Gasteiger partial charge in [-0.25, -0.2) is 0 Å². The second-order valence-corrected chi connectivity index (χ2v) is 6.85. The topological polar surface area (TPSA) is 78.5 Å². The Balaban J connectivity index is 1.89. The quantitative estimate of drug-likeness (QED) is 0.463. The monoisotopic (exact) mass is 356 g/mol. The Kier molecular flexibility index (Phi) is 8.45. The lowest BCUT2D eigenvalue weighted by Gasteiger charge is -2.10. The maximum atomic E-state index is 10.2. The molecule has 4 heteroatoms. The molecule has 5 N–H and O–H groups in total. The summed E-state index contributed by atoms with van der Waals surface area (Å²) < 4.78 is 0. The van der Waals surface area contributed by atoms with Gasteiger partial charge in [0.2, 0.25) is 0 Å². The lowest BCUT2D eigenvalue weighted by molar-refractivity contribution is 0.463. The Hall–Kier alpha value is -2.04. The van der Waals surface area contributed by atoms with Gasteiger partial charge < -0.3 is 21.3 Å². The second kappa shape index (κ2) is 10.8. The molecule has 0 radical (unpaired) electrons. The largest absolute Gasteiger partial charge is 0.508 e. The first-order chi connectivity index (χ1) is 12.6. The molecule has 0 amide bonds. The van der Waals surface area contributed by atoms with E-state index in [2.05, 4.69) is 24.4 Å². The van der Waals surface area contributed by atoms with E-state index >= 15 is 0 Å².